The predicted molar refractivity (Wildman–Crippen MR) is 93.3 cm³/mol. The maximum absolute atomic E-state index is 12.3. The van der Waals surface area contributed by atoms with Gasteiger partial charge in [0.15, 0.2) is 0 Å². The van der Waals surface area contributed by atoms with Crippen molar-refractivity contribution in [1.29, 1.82) is 0 Å². The number of benzene rings is 3. The molecule has 3 nitrogen and oxygen atoms in total. The van der Waals surface area contributed by atoms with Gasteiger partial charge in [-0.1, -0.05) is 78.9 Å². The summed E-state index contributed by atoms with van der Waals surface area (Å²) in [6.07, 6.45) is 0. The SMILES string of the molecule is O=C(Nc1ccccc1)NC(c1ccccc1)c1ccccc1. The second-order valence-electron chi connectivity index (χ2n) is 5.22. The van der Waals surface area contributed by atoms with Crippen molar-refractivity contribution in [2.75, 3.05) is 5.32 Å². The quantitative estimate of drug-likeness (QED) is 0.726. The number of para-hydroxylation sites is 1. The largest absolute Gasteiger partial charge is 0.327 e. The van der Waals surface area contributed by atoms with Gasteiger partial charge in [-0.25, -0.2) is 4.79 Å². The second kappa shape index (κ2) is 7.27. The Morgan fingerprint density at radius 2 is 1.09 bits per heavy atom. The van der Waals surface area contributed by atoms with Gasteiger partial charge < -0.3 is 10.6 Å². The summed E-state index contributed by atoms with van der Waals surface area (Å²) in [5.41, 5.74) is 2.86. The summed E-state index contributed by atoms with van der Waals surface area (Å²) in [7, 11) is 0. The van der Waals surface area contributed by atoms with Gasteiger partial charge in [0.2, 0.25) is 0 Å². The van der Waals surface area contributed by atoms with Crippen LogP contribution in [0.15, 0.2) is 91.0 Å². The summed E-state index contributed by atoms with van der Waals surface area (Å²) in [6.45, 7) is 0. The molecule has 3 aromatic rings. The lowest BCUT2D eigenvalue weighted by atomic mass is 9.99. The van der Waals surface area contributed by atoms with Gasteiger partial charge >= 0.3 is 6.03 Å². The van der Waals surface area contributed by atoms with E-state index >= 15 is 0 Å². The third-order valence-electron chi connectivity index (χ3n) is 3.57. The summed E-state index contributed by atoms with van der Waals surface area (Å²) in [4.78, 5) is 12.3. The van der Waals surface area contributed by atoms with Crippen LogP contribution < -0.4 is 10.6 Å². The molecule has 0 fully saturated rings. The number of hydrogen-bond acceptors (Lipinski definition) is 1. The van der Waals surface area contributed by atoms with E-state index in [1.54, 1.807) is 0 Å². The molecule has 0 aliphatic heterocycles. The highest BCUT2D eigenvalue weighted by molar-refractivity contribution is 5.89. The van der Waals surface area contributed by atoms with Crippen LogP contribution in [0.2, 0.25) is 0 Å². The Morgan fingerprint density at radius 1 is 0.652 bits per heavy atom. The van der Waals surface area contributed by atoms with Crippen LogP contribution >= 0.6 is 0 Å². The Kier molecular flexibility index (Phi) is 4.69. The average Bonchev–Trinajstić information content (AvgIpc) is 2.62. The number of anilines is 1. The fraction of sp³-hybridized carbons (Fsp3) is 0.0500. The lowest BCUT2D eigenvalue weighted by Crippen LogP contribution is -2.33. The molecule has 0 atom stereocenters. The van der Waals surface area contributed by atoms with Crippen molar-refractivity contribution >= 4 is 11.7 Å². The van der Waals surface area contributed by atoms with Crippen molar-refractivity contribution in [3.05, 3.63) is 102 Å². The van der Waals surface area contributed by atoms with Gasteiger partial charge in [-0.15, -0.1) is 0 Å². The molecular formula is C20H18N2O. The van der Waals surface area contributed by atoms with E-state index in [0.29, 0.717) is 0 Å². The molecule has 114 valence electrons. The number of nitrogens with one attached hydrogen (secondary N) is 2. The third-order valence-corrected chi connectivity index (χ3v) is 3.57. The zero-order chi connectivity index (χ0) is 15.9. The van der Waals surface area contributed by atoms with E-state index in [2.05, 4.69) is 10.6 Å². The molecule has 0 radical (unpaired) electrons. The zero-order valence-electron chi connectivity index (χ0n) is 12.6. The molecule has 2 N–H and O–H groups in total. The molecule has 0 aliphatic carbocycles. The van der Waals surface area contributed by atoms with Crippen LogP contribution in [-0.4, -0.2) is 6.03 Å². The molecule has 23 heavy (non-hydrogen) atoms. The van der Waals surface area contributed by atoms with E-state index in [9.17, 15) is 4.79 Å². The smallest absolute Gasteiger partial charge is 0.319 e. The van der Waals surface area contributed by atoms with E-state index < -0.39 is 0 Å². The summed E-state index contributed by atoms with van der Waals surface area (Å²) in [5.74, 6) is 0. The molecule has 3 rings (SSSR count). The van der Waals surface area contributed by atoms with Crippen molar-refractivity contribution in [1.82, 2.24) is 5.32 Å². The minimum Gasteiger partial charge on any atom is -0.327 e. The van der Waals surface area contributed by atoms with Crippen LogP contribution in [-0.2, 0) is 0 Å². The second-order valence-corrected chi connectivity index (χ2v) is 5.22. The first-order chi connectivity index (χ1) is 11.3. The molecule has 2 amide bonds. The van der Waals surface area contributed by atoms with Crippen LogP contribution in [0.1, 0.15) is 17.2 Å². The Balaban J connectivity index is 1.81. The lowest BCUT2D eigenvalue weighted by Gasteiger charge is -2.20. The summed E-state index contributed by atoms with van der Waals surface area (Å²) in [6, 6.07) is 28.9. The topological polar surface area (TPSA) is 41.1 Å². The third kappa shape index (κ3) is 3.98. The van der Waals surface area contributed by atoms with Crippen LogP contribution in [0, 0.1) is 0 Å². The molecule has 0 saturated heterocycles. The van der Waals surface area contributed by atoms with Crippen molar-refractivity contribution in [3.63, 3.8) is 0 Å². The monoisotopic (exact) mass is 302 g/mol. The first-order valence-corrected chi connectivity index (χ1v) is 7.55. The van der Waals surface area contributed by atoms with Crippen LogP contribution in [0.4, 0.5) is 10.5 Å². The van der Waals surface area contributed by atoms with Gasteiger partial charge in [0.25, 0.3) is 0 Å². The van der Waals surface area contributed by atoms with Gasteiger partial charge in [-0.2, -0.15) is 0 Å². The van der Waals surface area contributed by atoms with Gasteiger partial charge in [-0.3, -0.25) is 0 Å². The van der Waals surface area contributed by atoms with E-state index in [0.717, 1.165) is 16.8 Å². The molecule has 3 aromatic carbocycles. The van der Waals surface area contributed by atoms with Gasteiger partial charge in [0.1, 0.15) is 0 Å². The Morgan fingerprint density at radius 3 is 1.57 bits per heavy atom. The van der Waals surface area contributed by atoms with Crippen molar-refractivity contribution in [2.45, 2.75) is 6.04 Å². The Hall–Kier alpha value is -3.07. The lowest BCUT2D eigenvalue weighted by molar-refractivity contribution is 0.250. The minimum atomic E-state index is -0.228. The highest BCUT2D eigenvalue weighted by atomic mass is 16.2. The van der Waals surface area contributed by atoms with Gasteiger partial charge in [0.05, 0.1) is 6.04 Å². The standard InChI is InChI=1S/C20H18N2O/c23-20(21-18-14-8-3-9-15-18)22-19(16-10-4-1-5-11-16)17-12-6-2-7-13-17/h1-15,19H,(H2,21,22,23). The number of rotatable bonds is 4. The van der Waals surface area contributed by atoms with E-state index in [1.165, 1.54) is 0 Å². The van der Waals surface area contributed by atoms with E-state index in [-0.39, 0.29) is 12.1 Å². The normalized spacial score (nSPS) is 10.3. The molecule has 0 saturated carbocycles. The fourth-order valence-corrected chi connectivity index (χ4v) is 2.47. The molecule has 0 heterocycles. The summed E-state index contributed by atoms with van der Waals surface area (Å²) >= 11 is 0. The molecule has 0 aromatic heterocycles. The number of amides is 2. The molecule has 0 aliphatic rings. The summed E-state index contributed by atoms with van der Waals surface area (Å²) in [5, 5.41) is 5.91. The van der Waals surface area contributed by atoms with E-state index in [4.69, 9.17) is 0 Å². The number of carbonyl (C=O) groups is 1. The number of urea groups is 1. The number of carbonyl (C=O) groups excluding carboxylic acids is 1. The average molecular weight is 302 g/mol. The number of hydrogen-bond donors (Lipinski definition) is 2. The Bertz CT molecular complexity index is 703. The van der Waals surface area contributed by atoms with Crippen LogP contribution in [0.25, 0.3) is 0 Å². The minimum absolute atomic E-state index is 0.193. The first kappa shape index (κ1) is 14.9. The molecule has 0 bridgehead atoms. The van der Waals surface area contributed by atoms with E-state index in [1.807, 2.05) is 91.0 Å². The molecule has 0 spiro atoms. The summed E-state index contributed by atoms with van der Waals surface area (Å²) < 4.78 is 0. The molecular weight excluding hydrogens is 284 g/mol. The zero-order valence-corrected chi connectivity index (χ0v) is 12.6. The van der Waals surface area contributed by atoms with Gasteiger partial charge in [0, 0.05) is 5.69 Å². The van der Waals surface area contributed by atoms with Crippen molar-refractivity contribution in [3.8, 4) is 0 Å². The highest BCUT2D eigenvalue weighted by Gasteiger charge is 2.16. The van der Waals surface area contributed by atoms with Crippen molar-refractivity contribution in [2.24, 2.45) is 0 Å². The fourth-order valence-electron chi connectivity index (χ4n) is 2.47. The first-order valence-electron chi connectivity index (χ1n) is 7.55. The predicted octanol–water partition coefficient (Wildman–Crippen LogP) is 4.60. The maximum atomic E-state index is 12.3. The molecule has 0 unspecified atom stereocenters. The van der Waals surface area contributed by atoms with Crippen molar-refractivity contribution < 1.29 is 4.79 Å². The highest BCUT2D eigenvalue weighted by Crippen LogP contribution is 2.21. The molecule has 3 heteroatoms. The van der Waals surface area contributed by atoms with Crippen LogP contribution in [0.5, 0.6) is 0 Å². The van der Waals surface area contributed by atoms with Gasteiger partial charge in [-0.05, 0) is 23.3 Å². The Labute approximate surface area is 136 Å². The maximum Gasteiger partial charge on any atom is 0.319 e. The van der Waals surface area contributed by atoms with Crippen LogP contribution in [0.3, 0.4) is 0 Å².